The van der Waals surface area contributed by atoms with Crippen LogP contribution in [0.5, 0.6) is 0 Å². The van der Waals surface area contributed by atoms with E-state index in [4.69, 9.17) is 8.83 Å². The summed E-state index contributed by atoms with van der Waals surface area (Å²) < 4.78 is 36.1. The molecule has 1 aromatic carbocycles. The first-order valence-electron chi connectivity index (χ1n) is 7.63. The highest BCUT2D eigenvalue weighted by molar-refractivity contribution is 7.88. The van der Waals surface area contributed by atoms with Gasteiger partial charge in [0, 0.05) is 20.6 Å². The summed E-state index contributed by atoms with van der Waals surface area (Å²) in [6.07, 6.45) is 0. The van der Waals surface area contributed by atoms with Crippen LogP contribution in [0, 0.1) is 11.3 Å². The van der Waals surface area contributed by atoms with Crippen molar-refractivity contribution in [1.29, 1.82) is 5.26 Å². The molecule has 2 heterocycles. The Kier molecular flexibility index (Phi) is 4.79. The van der Waals surface area contributed by atoms with E-state index in [1.807, 2.05) is 36.4 Å². The molecular formula is C17H16N4O4S. The number of hydrogen-bond acceptors (Lipinski definition) is 7. The minimum Gasteiger partial charge on any atom is -0.438 e. The van der Waals surface area contributed by atoms with Gasteiger partial charge in [-0.3, -0.25) is 0 Å². The summed E-state index contributed by atoms with van der Waals surface area (Å²) in [6, 6.07) is 14.3. The number of sulfonamides is 1. The fourth-order valence-electron chi connectivity index (χ4n) is 2.15. The smallest absolute Gasteiger partial charge is 0.275 e. The average Bonchev–Trinajstić information content (AvgIpc) is 3.27. The molecule has 0 aliphatic rings. The van der Waals surface area contributed by atoms with Gasteiger partial charge in [0.15, 0.2) is 5.76 Å². The third kappa shape index (κ3) is 3.46. The van der Waals surface area contributed by atoms with Crippen molar-refractivity contribution in [3.63, 3.8) is 0 Å². The molecule has 0 amide bonds. The molecule has 1 N–H and O–H groups in total. The first-order valence-corrected chi connectivity index (χ1v) is 9.07. The van der Waals surface area contributed by atoms with Crippen molar-refractivity contribution in [2.45, 2.75) is 11.6 Å². The maximum Gasteiger partial charge on any atom is 0.275 e. The highest BCUT2D eigenvalue weighted by Gasteiger charge is 2.24. The first-order chi connectivity index (χ1) is 12.4. The zero-order chi connectivity index (χ0) is 18.7. The molecule has 3 rings (SSSR count). The molecule has 0 aliphatic carbocycles. The predicted octanol–water partition coefficient (Wildman–Crippen LogP) is 2.67. The van der Waals surface area contributed by atoms with Gasteiger partial charge in [-0.2, -0.15) is 10.2 Å². The van der Waals surface area contributed by atoms with Crippen molar-refractivity contribution in [3.05, 3.63) is 53.7 Å². The predicted molar refractivity (Wildman–Crippen MR) is 93.6 cm³/mol. The zero-order valence-corrected chi connectivity index (χ0v) is 14.9. The molecule has 8 nitrogen and oxygen atoms in total. The van der Waals surface area contributed by atoms with Crippen LogP contribution in [0.25, 0.3) is 11.7 Å². The van der Waals surface area contributed by atoms with Crippen molar-refractivity contribution in [2.24, 2.45) is 0 Å². The Morgan fingerprint density at radius 1 is 1.15 bits per heavy atom. The SMILES string of the molecule is CN(C)S(=O)(=O)c1ccc(-c2nc(C#N)c(NCc3ccccc3)o2)o1. The third-order valence-electron chi connectivity index (χ3n) is 3.56. The second-order valence-electron chi connectivity index (χ2n) is 5.55. The van der Waals surface area contributed by atoms with Gasteiger partial charge in [-0.05, 0) is 17.7 Å². The van der Waals surface area contributed by atoms with Crippen molar-refractivity contribution in [1.82, 2.24) is 9.29 Å². The van der Waals surface area contributed by atoms with Crippen LogP contribution in [0.4, 0.5) is 5.88 Å². The van der Waals surface area contributed by atoms with Crippen LogP contribution in [0.3, 0.4) is 0 Å². The number of nitrogens with one attached hydrogen (secondary N) is 1. The fraction of sp³-hybridized carbons (Fsp3) is 0.176. The van der Waals surface area contributed by atoms with Gasteiger partial charge in [0.2, 0.25) is 16.7 Å². The van der Waals surface area contributed by atoms with Crippen LogP contribution in [-0.2, 0) is 16.6 Å². The molecule has 0 saturated heterocycles. The van der Waals surface area contributed by atoms with Gasteiger partial charge in [0.1, 0.15) is 6.07 Å². The van der Waals surface area contributed by atoms with Crippen molar-refractivity contribution in [3.8, 4) is 17.7 Å². The number of oxazole rings is 1. The normalized spacial score (nSPS) is 11.5. The summed E-state index contributed by atoms with van der Waals surface area (Å²) in [6.45, 7) is 0.447. The molecule has 0 unspecified atom stereocenters. The molecule has 3 aromatic rings. The maximum atomic E-state index is 12.1. The lowest BCUT2D eigenvalue weighted by molar-refractivity contribution is 0.423. The van der Waals surface area contributed by atoms with Crippen LogP contribution in [0.1, 0.15) is 11.3 Å². The van der Waals surface area contributed by atoms with E-state index in [1.54, 1.807) is 0 Å². The lowest BCUT2D eigenvalue weighted by Gasteiger charge is -2.07. The van der Waals surface area contributed by atoms with Gasteiger partial charge >= 0.3 is 0 Å². The van der Waals surface area contributed by atoms with E-state index in [-0.39, 0.29) is 28.3 Å². The largest absolute Gasteiger partial charge is 0.438 e. The second kappa shape index (κ2) is 7.03. The van der Waals surface area contributed by atoms with Gasteiger partial charge in [-0.25, -0.2) is 12.7 Å². The van der Waals surface area contributed by atoms with Crippen LogP contribution in [0.2, 0.25) is 0 Å². The van der Waals surface area contributed by atoms with Crippen LogP contribution in [-0.4, -0.2) is 31.8 Å². The lowest BCUT2D eigenvalue weighted by Crippen LogP contribution is -2.21. The molecule has 134 valence electrons. The molecule has 0 aliphatic heterocycles. The quantitative estimate of drug-likeness (QED) is 0.708. The Hall–Kier alpha value is -3.09. The summed E-state index contributed by atoms with van der Waals surface area (Å²) in [5, 5.41) is 12.0. The number of aromatic nitrogens is 1. The van der Waals surface area contributed by atoms with E-state index in [0.29, 0.717) is 6.54 Å². The van der Waals surface area contributed by atoms with Gasteiger partial charge in [-0.1, -0.05) is 30.3 Å². The first kappa shape index (κ1) is 17.7. The number of rotatable bonds is 6. The van der Waals surface area contributed by atoms with Gasteiger partial charge in [0.25, 0.3) is 15.9 Å². The molecule has 0 bridgehead atoms. The minimum absolute atomic E-state index is 0.0253. The molecule has 0 radical (unpaired) electrons. The minimum atomic E-state index is -3.70. The maximum absolute atomic E-state index is 12.1. The van der Waals surface area contributed by atoms with E-state index in [0.717, 1.165) is 9.87 Å². The van der Waals surface area contributed by atoms with E-state index in [1.165, 1.54) is 26.2 Å². The zero-order valence-electron chi connectivity index (χ0n) is 14.1. The molecule has 2 aromatic heterocycles. The highest BCUT2D eigenvalue weighted by Crippen LogP contribution is 2.29. The van der Waals surface area contributed by atoms with Crippen molar-refractivity contribution in [2.75, 3.05) is 19.4 Å². The van der Waals surface area contributed by atoms with E-state index in [9.17, 15) is 13.7 Å². The monoisotopic (exact) mass is 372 g/mol. The molecule has 0 saturated carbocycles. The number of anilines is 1. The van der Waals surface area contributed by atoms with E-state index < -0.39 is 10.0 Å². The topological polar surface area (TPSA) is 112 Å². The van der Waals surface area contributed by atoms with E-state index >= 15 is 0 Å². The molecule has 26 heavy (non-hydrogen) atoms. The summed E-state index contributed by atoms with van der Waals surface area (Å²) in [5.74, 6) is 0.340. The van der Waals surface area contributed by atoms with Crippen LogP contribution < -0.4 is 5.32 Å². The Morgan fingerprint density at radius 3 is 2.54 bits per heavy atom. The summed E-state index contributed by atoms with van der Waals surface area (Å²) in [7, 11) is -0.893. The fourth-order valence-corrected chi connectivity index (χ4v) is 2.95. The Morgan fingerprint density at radius 2 is 1.88 bits per heavy atom. The summed E-state index contributed by atoms with van der Waals surface area (Å²) >= 11 is 0. The van der Waals surface area contributed by atoms with Crippen LogP contribution in [0.15, 0.2) is 56.4 Å². The molecular weight excluding hydrogens is 356 g/mol. The molecule has 0 fully saturated rings. The lowest BCUT2D eigenvalue weighted by atomic mass is 10.2. The summed E-state index contributed by atoms with van der Waals surface area (Å²) in [4.78, 5) is 4.06. The third-order valence-corrected chi connectivity index (χ3v) is 5.25. The van der Waals surface area contributed by atoms with E-state index in [2.05, 4.69) is 10.3 Å². The Bertz CT molecular complexity index is 1050. The van der Waals surface area contributed by atoms with Crippen molar-refractivity contribution >= 4 is 15.9 Å². The average molecular weight is 372 g/mol. The van der Waals surface area contributed by atoms with Gasteiger partial charge < -0.3 is 14.2 Å². The molecule has 9 heteroatoms. The molecule has 0 spiro atoms. The number of furan rings is 1. The second-order valence-corrected chi connectivity index (χ2v) is 7.64. The number of nitrogens with zero attached hydrogens (tertiary/aromatic N) is 3. The Labute approximate surface area is 150 Å². The number of benzene rings is 1. The standard InChI is InChI=1S/C17H16N4O4S/c1-21(2)26(22,23)15-9-8-14(24-15)17-20-13(10-18)16(25-17)19-11-12-6-4-3-5-7-12/h3-9,19H,11H2,1-2H3. The van der Waals surface area contributed by atoms with Crippen molar-refractivity contribution < 1.29 is 17.3 Å². The molecule has 0 atom stereocenters. The van der Waals surface area contributed by atoms with Gasteiger partial charge in [0.05, 0.1) is 0 Å². The highest BCUT2D eigenvalue weighted by atomic mass is 32.2. The summed E-state index contributed by atoms with van der Waals surface area (Å²) in [5.41, 5.74) is 1.07. The number of nitriles is 1. The Balaban J connectivity index is 1.85. The van der Waals surface area contributed by atoms with Crippen LogP contribution >= 0.6 is 0 Å². The van der Waals surface area contributed by atoms with Gasteiger partial charge in [-0.15, -0.1) is 0 Å². The number of hydrogen-bond donors (Lipinski definition) is 1.